The molecule has 13 nitrogen and oxygen atoms in total. The lowest BCUT2D eigenvalue weighted by Gasteiger charge is -2.24. The summed E-state index contributed by atoms with van der Waals surface area (Å²) in [7, 11) is 0. The first kappa shape index (κ1) is 29.4. The predicted molar refractivity (Wildman–Crippen MR) is 157 cm³/mol. The smallest absolute Gasteiger partial charge is 0.419 e. The van der Waals surface area contributed by atoms with Gasteiger partial charge < -0.3 is 20.1 Å². The number of amides is 3. The highest BCUT2D eigenvalue weighted by Gasteiger charge is 2.41. The molecule has 2 N–H and O–H groups in total. The second-order valence-electron chi connectivity index (χ2n) is 10.5. The summed E-state index contributed by atoms with van der Waals surface area (Å²) < 4.78 is 10.1. The van der Waals surface area contributed by atoms with Crippen LogP contribution < -0.4 is 10.6 Å². The Morgan fingerprint density at radius 1 is 1.09 bits per heavy atom. The van der Waals surface area contributed by atoms with Gasteiger partial charge in [0.15, 0.2) is 5.84 Å². The Kier molecular flexibility index (Phi) is 8.79. The van der Waals surface area contributed by atoms with Gasteiger partial charge in [-0.3, -0.25) is 19.6 Å². The van der Waals surface area contributed by atoms with Crippen LogP contribution in [0.25, 0.3) is 0 Å². The molecule has 0 spiro atoms. The SMILES string of the molecule is CCCN(C(=O)OCOC(=O)c1cccnc1)C(=O)C1CN2N=CN=C(Nc3cc(C(=O)NC4CC4)ccc3C)C2=C1C. The van der Waals surface area contributed by atoms with Crippen molar-refractivity contribution in [2.24, 2.45) is 16.0 Å². The number of aliphatic imine (C=N–C) groups is 1. The van der Waals surface area contributed by atoms with Gasteiger partial charge in [-0.05, 0) is 68.5 Å². The molecule has 0 saturated heterocycles. The number of hydrazone groups is 1. The van der Waals surface area contributed by atoms with Gasteiger partial charge in [0.25, 0.3) is 5.91 Å². The van der Waals surface area contributed by atoms with Crippen LogP contribution in [0.5, 0.6) is 0 Å². The van der Waals surface area contributed by atoms with E-state index in [1.54, 1.807) is 30.1 Å². The van der Waals surface area contributed by atoms with Gasteiger partial charge in [-0.2, -0.15) is 5.10 Å². The topological polar surface area (TPSA) is 155 Å². The zero-order valence-corrected chi connectivity index (χ0v) is 24.2. The number of esters is 1. The molecular weight excluding hydrogens is 554 g/mol. The summed E-state index contributed by atoms with van der Waals surface area (Å²) in [6.45, 7) is 5.21. The van der Waals surface area contributed by atoms with Crippen LogP contribution in [0.2, 0.25) is 0 Å². The number of ether oxygens (including phenoxy) is 2. The van der Waals surface area contributed by atoms with E-state index < -0.39 is 30.7 Å². The Bertz CT molecular complexity index is 1520. The van der Waals surface area contributed by atoms with Crippen molar-refractivity contribution in [3.63, 3.8) is 0 Å². The van der Waals surface area contributed by atoms with Gasteiger partial charge in [0, 0.05) is 36.2 Å². The van der Waals surface area contributed by atoms with E-state index in [4.69, 9.17) is 9.47 Å². The largest absolute Gasteiger partial charge is 0.424 e. The highest BCUT2D eigenvalue weighted by atomic mass is 16.7. The number of rotatable bonds is 9. The van der Waals surface area contributed by atoms with E-state index in [2.05, 4.69) is 25.7 Å². The molecule has 224 valence electrons. The third kappa shape index (κ3) is 6.71. The maximum Gasteiger partial charge on any atom is 0.419 e. The van der Waals surface area contributed by atoms with Crippen LogP contribution in [0.3, 0.4) is 0 Å². The number of pyridine rings is 1. The quantitative estimate of drug-likeness (QED) is 0.332. The molecule has 1 saturated carbocycles. The molecule has 1 aliphatic carbocycles. The number of aromatic nitrogens is 1. The first-order valence-corrected chi connectivity index (χ1v) is 14.1. The number of imide groups is 1. The molecule has 0 radical (unpaired) electrons. The molecule has 1 atom stereocenters. The Hall–Kier alpha value is -5.07. The van der Waals surface area contributed by atoms with Gasteiger partial charge in [0.2, 0.25) is 12.7 Å². The van der Waals surface area contributed by atoms with Gasteiger partial charge in [0.1, 0.15) is 12.0 Å². The summed E-state index contributed by atoms with van der Waals surface area (Å²) in [6, 6.07) is 8.77. The van der Waals surface area contributed by atoms with Gasteiger partial charge in [0.05, 0.1) is 18.0 Å². The van der Waals surface area contributed by atoms with Crippen LogP contribution in [-0.2, 0) is 14.3 Å². The maximum atomic E-state index is 13.7. The van der Waals surface area contributed by atoms with E-state index in [1.165, 1.54) is 24.8 Å². The monoisotopic (exact) mass is 587 g/mol. The Morgan fingerprint density at radius 3 is 2.63 bits per heavy atom. The highest BCUT2D eigenvalue weighted by Crippen LogP contribution is 2.33. The second kappa shape index (κ2) is 12.8. The molecule has 3 aliphatic rings. The average molecular weight is 588 g/mol. The fourth-order valence-electron chi connectivity index (χ4n) is 4.75. The van der Waals surface area contributed by atoms with Crippen molar-refractivity contribution in [2.75, 3.05) is 25.2 Å². The van der Waals surface area contributed by atoms with Crippen LogP contribution in [0, 0.1) is 12.8 Å². The second-order valence-corrected chi connectivity index (χ2v) is 10.5. The van der Waals surface area contributed by atoms with Gasteiger partial charge in [-0.25, -0.2) is 19.5 Å². The van der Waals surface area contributed by atoms with Crippen molar-refractivity contribution in [3.05, 3.63) is 70.7 Å². The summed E-state index contributed by atoms with van der Waals surface area (Å²) in [4.78, 5) is 60.7. The summed E-state index contributed by atoms with van der Waals surface area (Å²) in [6.07, 6.45) is 5.81. The Labute approximate surface area is 248 Å². The van der Waals surface area contributed by atoms with E-state index in [9.17, 15) is 19.2 Å². The minimum Gasteiger partial charge on any atom is -0.424 e. The third-order valence-corrected chi connectivity index (χ3v) is 7.28. The van der Waals surface area contributed by atoms with Crippen molar-refractivity contribution in [1.29, 1.82) is 0 Å². The summed E-state index contributed by atoms with van der Waals surface area (Å²) >= 11 is 0. The summed E-state index contributed by atoms with van der Waals surface area (Å²) in [5, 5.41) is 12.3. The Balaban J connectivity index is 1.27. The number of aryl methyl sites for hydroxylation is 1. The molecule has 1 fully saturated rings. The lowest BCUT2D eigenvalue weighted by molar-refractivity contribution is -0.133. The molecule has 3 heterocycles. The average Bonchev–Trinajstić information content (AvgIpc) is 3.76. The molecule has 43 heavy (non-hydrogen) atoms. The van der Waals surface area contributed by atoms with E-state index in [0.29, 0.717) is 34.8 Å². The lowest BCUT2D eigenvalue weighted by Crippen LogP contribution is -2.43. The first-order valence-electron chi connectivity index (χ1n) is 14.1. The maximum absolute atomic E-state index is 13.7. The van der Waals surface area contributed by atoms with Crippen molar-refractivity contribution >= 4 is 41.7 Å². The van der Waals surface area contributed by atoms with Crippen molar-refractivity contribution in [1.82, 2.24) is 20.2 Å². The molecule has 13 heteroatoms. The van der Waals surface area contributed by atoms with Crippen LogP contribution in [0.1, 0.15) is 59.4 Å². The van der Waals surface area contributed by atoms with Crippen molar-refractivity contribution in [3.8, 4) is 0 Å². The number of anilines is 1. The standard InChI is InChI=1S/C30H33N7O6/c1-4-12-36(30(41)43-17-42-29(40)21-6-5-11-31-14-21)28(39)23-15-37-25(19(23)3)26(32-16-33-37)35-24-13-20(8-7-18(24)2)27(38)34-22-9-10-22/h5-8,11,13-14,16,22-23H,4,9-10,12,15,17H2,1-3H3,(H,34,38)(H,32,33,35). The zero-order valence-electron chi connectivity index (χ0n) is 24.2. The van der Waals surface area contributed by atoms with E-state index in [-0.39, 0.29) is 30.6 Å². The number of carbonyl (C=O) groups is 4. The molecule has 2 aromatic rings. The zero-order chi connectivity index (χ0) is 30.5. The number of fused-ring (bicyclic) bond motifs is 1. The van der Waals surface area contributed by atoms with Gasteiger partial charge in [-0.15, -0.1) is 0 Å². The third-order valence-electron chi connectivity index (χ3n) is 7.28. The normalized spacial score (nSPS) is 17.1. The van der Waals surface area contributed by atoms with E-state index >= 15 is 0 Å². The first-order chi connectivity index (χ1) is 20.8. The van der Waals surface area contributed by atoms with Crippen LogP contribution in [0.4, 0.5) is 10.5 Å². The van der Waals surface area contributed by atoms with Crippen molar-refractivity contribution in [2.45, 2.75) is 46.1 Å². The van der Waals surface area contributed by atoms with Crippen molar-refractivity contribution < 1.29 is 28.7 Å². The number of nitrogens with zero attached hydrogens (tertiary/aromatic N) is 5. The number of benzene rings is 1. The number of hydrogen-bond acceptors (Lipinski definition) is 11. The van der Waals surface area contributed by atoms with E-state index in [1.807, 2.05) is 19.9 Å². The highest BCUT2D eigenvalue weighted by molar-refractivity contribution is 6.13. The predicted octanol–water partition coefficient (Wildman–Crippen LogP) is 3.45. The molecule has 1 aromatic carbocycles. The minimum atomic E-state index is -0.916. The molecule has 1 unspecified atom stereocenters. The molecule has 0 bridgehead atoms. The number of carbonyl (C=O) groups excluding carboxylic acids is 4. The summed E-state index contributed by atoms with van der Waals surface area (Å²) in [5.74, 6) is -1.53. The number of hydrogen-bond donors (Lipinski definition) is 2. The van der Waals surface area contributed by atoms with Gasteiger partial charge >= 0.3 is 12.1 Å². The molecule has 3 amide bonds. The van der Waals surface area contributed by atoms with Gasteiger partial charge in [-0.1, -0.05) is 13.0 Å². The summed E-state index contributed by atoms with van der Waals surface area (Å²) in [5.41, 5.74) is 3.63. The van der Waals surface area contributed by atoms with Crippen LogP contribution >= 0.6 is 0 Å². The minimum absolute atomic E-state index is 0.116. The number of amidine groups is 1. The Morgan fingerprint density at radius 2 is 1.91 bits per heavy atom. The number of nitrogens with one attached hydrogen (secondary N) is 2. The fourth-order valence-corrected chi connectivity index (χ4v) is 4.75. The fraction of sp³-hybridized carbons (Fsp3) is 0.367. The molecule has 2 aliphatic heterocycles. The molecule has 1 aromatic heterocycles. The van der Waals surface area contributed by atoms with E-state index in [0.717, 1.165) is 23.3 Å². The molecular formula is C30H33N7O6. The van der Waals surface area contributed by atoms with Crippen LogP contribution in [-0.4, -0.2) is 76.9 Å². The molecule has 5 rings (SSSR count). The van der Waals surface area contributed by atoms with Crippen LogP contribution in [0.15, 0.2) is 64.1 Å². The lowest BCUT2D eigenvalue weighted by atomic mass is 10.00.